The minimum atomic E-state index is -3.07. The zero-order valence-corrected chi connectivity index (χ0v) is 15.7. The molecule has 0 unspecified atom stereocenters. The monoisotopic (exact) mass is 359 g/mol. The van der Waals surface area contributed by atoms with Crippen LogP contribution in [0.4, 0.5) is 0 Å². The Hall–Kier alpha value is -1.35. The summed E-state index contributed by atoms with van der Waals surface area (Å²) in [5, 5.41) is 3.41. The Morgan fingerprint density at radius 3 is 2.08 bits per heavy atom. The zero-order valence-electron chi connectivity index (χ0n) is 14.9. The predicted octanol–water partition coefficient (Wildman–Crippen LogP) is -0.602. The molecule has 8 nitrogen and oxygen atoms in total. The topological polar surface area (TPSA) is 85.3 Å². The van der Waals surface area contributed by atoms with Gasteiger partial charge in [0.2, 0.25) is 15.9 Å². The van der Waals surface area contributed by atoms with E-state index in [9.17, 15) is 13.2 Å². The Morgan fingerprint density at radius 1 is 1.08 bits per heavy atom. The van der Waals surface area contributed by atoms with Crippen LogP contribution < -0.4 is 5.32 Å². The van der Waals surface area contributed by atoms with Crippen molar-refractivity contribution in [1.29, 1.82) is 0 Å². The number of sulfonamides is 1. The maximum Gasteiger partial charge on any atom is 0.219 e. The normalized spacial score (nSPS) is 21.9. The SMILES string of the molecule is CN=C(NCC1CCN(S(C)(=O)=O)CC1)N1CCN(C(C)=O)CC1. The number of amides is 1. The van der Waals surface area contributed by atoms with E-state index >= 15 is 0 Å². The second kappa shape index (κ2) is 8.15. The third-order valence-corrected chi connectivity index (χ3v) is 6.13. The van der Waals surface area contributed by atoms with Gasteiger partial charge in [-0.15, -0.1) is 0 Å². The molecule has 24 heavy (non-hydrogen) atoms. The second-order valence-electron chi connectivity index (χ2n) is 6.53. The van der Waals surface area contributed by atoms with Crippen LogP contribution >= 0.6 is 0 Å². The molecule has 1 N–H and O–H groups in total. The molecule has 0 aliphatic carbocycles. The van der Waals surface area contributed by atoms with Gasteiger partial charge in [-0.05, 0) is 18.8 Å². The van der Waals surface area contributed by atoms with Gasteiger partial charge in [0, 0.05) is 59.8 Å². The van der Waals surface area contributed by atoms with Gasteiger partial charge < -0.3 is 15.1 Å². The molecule has 2 saturated heterocycles. The fraction of sp³-hybridized carbons (Fsp3) is 0.867. The van der Waals surface area contributed by atoms with Crippen molar-refractivity contribution in [3.8, 4) is 0 Å². The fourth-order valence-corrected chi connectivity index (χ4v) is 4.12. The molecule has 0 saturated carbocycles. The molecule has 0 aromatic heterocycles. The molecule has 0 aromatic carbocycles. The highest BCUT2D eigenvalue weighted by Gasteiger charge is 2.26. The van der Waals surface area contributed by atoms with E-state index < -0.39 is 10.0 Å². The Kier molecular flexibility index (Phi) is 6.45. The number of guanidine groups is 1. The van der Waals surface area contributed by atoms with Crippen LogP contribution in [-0.2, 0) is 14.8 Å². The minimum Gasteiger partial charge on any atom is -0.356 e. The van der Waals surface area contributed by atoms with Crippen LogP contribution in [-0.4, -0.2) is 93.5 Å². The lowest BCUT2D eigenvalue weighted by molar-refractivity contribution is -0.130. The second-order valence-corrected chi connectivity index (χ2v) is 8.51. The third-order valence-electron chi connectivity index (χ3n) is 4.83. The summed E-state index contributed by atoms with van der Waals surface area (Å²) in [6.45, 7) is 6.62. The third kappa shape index (κ3) is 5.07. The number of piperazine rings is 1. The molecule has 2 heterocycles. The van der Waals surface area contributed by atoms with Gasteiger partial charge in [-0.3, -0.25) is 9.79 Å². The largest absolute Gasteiger partial charge is 0.356 e. The van der Waals surface area contributed by atoms with Crippen LogP contribution in [0.15, 0.2) is 4.99 Å². The molecule has 0 radical (unpaired) electrons. The number of rotatable bonds is 3. The van der Waals surface area contributed by atoms with E-state index in [0.29, 0.717) is 19.0 Å². The number of nitrogens with zero attached hydrogens (tertiary/aromatic N) is 4. The summed E-state index contributed by atoms with van der Waals surface area (Å²) in [5.41, 5.74) is 0. The lowest BCUT2D eigenvalue weighted by Crippen LogP contribution is -2.54. The average molecular weight is 359 g/mol. The lowest BCUT2D eigenvalue weighted by Gasteiger charge is -2.37. The number of carbonyl (C=O) groups excluding carboxylic acids is 1. The van der Waals surface area contributed by atoms with Crippen molar-refractivity contribution in [2.45, 2.75) is 19.8 Å². The van der Waals surface area contributed by atoms with Crippen molar-refractivity contribution in [1.82, 2.24) is 19.4 Å². The highest BCUT2D eigenvalue weighted by molar-refractivity contribution is 7.88. The predicted molar refractivity (Wildman–Crippen MR) is 94.3 cm³/mol. The summed E-state index contributed by atoms with van der Waals surface area (Å²) >= 11 is 0. The van der Waals surface area contributed by atoms with E-state index in [-0.39, 0.29) is 5.91 Å². The Morgan fingerprint density at radius 2 is 1.62 bits per heavy atom. The Bertz CT molecular complexity index is 562. The van der Waals surface area contributed by atoms with Crippen molar-refractivity contribution < 1.29 is 13.2 Å². The number of nitrogens with one attached hydrogen (secondary N) is 1. The quantitative estimate of drug-likeness (QED) is 0.537. The Balaban J connectivity index is 1.76. The van der Waals surface area contributed by atoms with Gasteiger partial charge in [0.1, 0.15) is 0 Å². The van der Waals surface area contributed by atoms with E-state index in [2.05, 4.69) is 15.2 Å². The summed E-state index contributed by atoms with van der Waals surface area (Å²) in [5.74, 6) is 1.44. The number of aliphatic imine (C=N–C) groups is 1. The van der Waals surface area contributed by atoms with Crippen molar-refractivity contribution >= 4 is 21.9 Å². The molecule has 2 aliphatic rings. The van der Waals surface area contributed by atoms with Gasteiger partial charge in [0.25, 0.3) is 0 Å². The van der Waals surface area contributed by atoms with Crippen LogP contribution in [0.3, 0.4) is 0 Å². The molecular weight excluding hydrogens is 330 g/mol. The number of piperidine rings is 1. The smallest absolute Gasteiger partial charge is 0.219 e. The van der Waals surface area contributed by atoms with Crippen molar-refractivity contribution in [2.75, 3.05) is 59.1 Å². The van der Waals surface area contributed by atoms with Gasteiger partial charge in [0.15, 0.2) is 5.96 Å². The Labute approximate surface area is 144 Å². The molecule has 138 valence electrons. The molecule has 1 amide bonds. The first-order valence-corrected chi connectivity index (χ1v) is 10.3. The van der Waals surface area contributed by atoms with Crippen LogP contribution in [0, 0.1) is 5.92 Å². The molecule has 0 bridgehead atoms. The van der Waals surface area contributed by atoms with Crippen molar-refractivity contribution in [3.63, 3.8) is 0 Å². The molecule has 9 heteroatoms. The van der Waals surface area contributed by atoms with Crippen molar-refractivity contribution in [3.05, 3.63) is 0 Å². The summed E-state index contributed by atoms with van der Waals surface area (Å²) in [6, 6.07) is 0. The molecule has 2 fully saturated rings. The first-order chi connectivity index (χ1) is 11.3. The maximum atomic E-state index is 11.5. The fourth-order valence-electron chi connectivity index (χ4n) is 3.25. The van der Waals surface area contributed by atoms with Crippen LogP contribution in [0.2, 0.25) is 0 Å². The summed E-state index contributed by atoms with van der Waals surface area (Å²) in [6.07, 6.45) is 3.01. The van der Waals surface area contributed by atoms with Gasteiger partial charge in [0.05, 0.1) is 6.26 Å². The van der Waals surface area contributed by atoms with E-state index in [1.165, 1.54) is 6.26 Å². The van der Waals surface area contributed by atoms with Gasteiger partial charge in [-0.1, -0.05) is 0 Å². The van der Waals surface area contributed by atoms with Crippen molar-refractivity contribution in [2.24, 2.45) is 10.9 Å². The van der Waals surface area contributed by atoms with Gasteiger partial charge >= 0.3 is 0 Å². The lowest BCUT2D eigenvalue weighted by atomic mass is 9.98. The summed E-state index contributed by atoms with van der Waals surface area (Å²) < 4.78 is 24.6. The van der Waals surface area contributed by atoms with E-state index in [4.69, 9.17) is 0 Å². The first-order valence-electron chi connectivity index (χ1n) is 8.47. The minimum absolute atomic E-state index is 0.121. The molecule has 0 atom stereocenters. The first kappa shape index (κ1) is 19.0. The average Bonchev–Trinajstić information content (AvgIpc) is 2.55. The summed E-state index contributed by atoms with van der Waals surface area (Å²) in [4.78, 5) is 19.8. The van der Waals surface area contributed by atoms with E-state index in [1.807, 2.05) is 4.90 Å². The van der Waals surface area contributed by atoms with Gasteiger partial charge in [-0.25, -0.2) is 12.7 Å². The van der Waals surface area contributed by atoms with E-state index in [1.54, 1.807) is 18.3 Å². The number of carbonyl (C=O) groups is 1. The standard InChI is InChI=1S/C15H29N5O3S/c1-13(21)18-8-10-19(11-9-18)15(16-2)17-12-14-4-6-20(7-5-14)24(3,22)23/h14H,4-12H2,1-3H3,(H,16,17). The maximum absolute atomic E-state index is 11.5. The number of hydrogen-bond acceptors (Lipinski definition) is 4. The molecule has 2 rings (SSSR count). The molecule has 0 aromatic rings. The zero-order chi connectivity index (χ0) is 17.7. The highest BCUT2D eigenvalue weighted by Crippen LogP contribution is 2.18. The van der Waals surface area contributed by atoms with Gasteiger partial charge in [-0.2, -0.15) is 0 Å². The molecule has 0 spiro atoms. The molecular formula is C15H29N5O3S. The van der Waals surface area contributed by atoms with E-state index in [0.717, 1.165) is 51.5 Å². The van der Waals surface area contributed by atoms with Crippen LogP contribution in [0.5, 0.6) is 0 Å². The van der Waals surface area contributed by atoms with Crippen LogP contribution in [0.1, 0.15) is 19.8 Å². The number of hydrogen-bond donors (Lipinski definition) is 1. The summed E-state index contributed by atoms with van der Waals surface area (Å²) in [7, 11) is -1.30. The molecule has 2 aliphatic heterocycles. The van der Waals surface area contributed by atoms with Crippen LogP contribution in [0.25, 0.3) is 0 Å². The highest BCUT2D eigenvalue weighted by atomic mass is 32.2.